The molecule has 0 aliphatic heterocycles. The summed E-state index contributed by atoms with van der Waals surface area (Å²) >= 11 is 0. The van der Waals surface area contributed by atoms with E-state index in [1.807, 2.05) is 78.9 Å². The van der Waals surface area contributed by atoms with E-state index in [0.29, 0.717) is 5.58 Å². The van der Waals surface area contributed by atoms with Crippen LogP contribution >= 0.6 is 0 Å². The Labute approximate surface area is 163 Å². The van der Waals surface area contributed by atoms with E-state index in [0.717, 1.165) is 34.4 Å². The Kier molecular flexibility index (Phi) is 5.11. The highest BCUT2D eigenvalue weighted by molar-refractivity contribution is 6.06. The molecule has 1 heterocycles. The lowest BCUT2D eigenvalue weighted by molar-refractivity contribution is 0.0995. The van der Waals surface area contributed by atoms with Gasteiger partial charge in [-0.15, -0.1) is 0 Å². The maximum Gasteiger partial charge on any atom is 0.291 e. The van der Waals surface area contributed by atoms with Gasteiger partial charge in [-0.1, -0.05) is 61.5 Å². The van der Waals surface area contributed by atoms with Gasteiger partial charge in [0.25, 0.3) is 5.91 Å². The van der Waals surface area contributed by atoms with Gasteiger partial charge in [0.2, 0.25) is 0 Å². The minimum Gasteiger partial charge on any atom is -0.489 e. The summed E-state index contributed by atoms with van der Waals surface area (Å²) in [4.78, 5) is 13.0. The average molecular weight is 371 g/mol. The maximum atomic E-state index is 13.0. The number of para-hydroxylation sites is 3. The molecule has 3 aromatic carbocycles. The van der Waals surface area contributed by atoms with E-state index in [-0.39, 0.29) is 18.3 Å². The fourth-order valence-electron chi connectivity index (χ4n) is 3.23. The lowest BCUT2D eigenvalue weighted by Gasteiger charge is -2.10. The Hall–Kier alpha value is -3.53. The zero-order valence-electron chi connectivity index (χ0n) is 15.6. The Bertz CT molecular complexity index is 1100. The first-order valence-corrected chi connectivity index (χ1v) is 9.33. The molecule has 1 N–H and O–H groups in total. The summed E-state index contributed by atoms with van der Waals surface area (Å²) in [6, 6.07) is 24.9. The summed E-state index contributed by atoms with van der Waals surface area (Å²) in [6.07, 6.45) is 0.834. The first kappa shape index (κ1) is 17.9. The number of carbonyl (C=O) groups is 1. The van der Waals surface area contributed by atoms with Gasteiger partial charge in [0, 0.05) is 16.6 Å². The van der Waals surface area contributed by atoms with Crippen LogP contribution < -0.4 is 10.1 Å². The number of rotatable bonds is 6. The number of fused-ring (bicyclic) bond motifs is 1. The molecule has 28 heavy (non-hydrogen) atoms. The molecule has 4 nitrogen and oxygen atoms in total. The number of aryl methyl sites for hydroxylation is 1. The maximum absolute atomic E-state index is 13.0. The van der Waals surface area contributed by atoms with Crippen LogP contribution in [0.1, 0.15) is 28.6 Å². The van der Waals surface area contributed by atoms with Crippen LogP contribution in [0.15, 0.2) is 83.3 Å². The Morgan fingerprint density at radius 1 is 0.929 bits per heavy atom. The van der Waals surface area contributed by atoms with Gasteiger partial charge in [0.15, 0.2) is 5.76 Å². The summed E-state index contributed by atoms with van der Waals surface area (Å²) in [5.41, 5.74) is 3.29. The largest absolute Gasteiger partial charge is 0.489 e. The number of amides is 1. The lowest BCUT2D eigenvalue weighted by atomic mass is 10.1. The number of nitrogens with one attached hydrogen (secondary N) is 1. The first-order valence-electron chi connectivity index (χ1n) is 9.33. The Balaban J connectivity index is 1.66. The van der Waals surface area contributed by atoms with Crippen LogP contribution in [0.3, 0.4) is 0 Å². The van der Waals surface area contributed by atoms with Gasteiger partial charge in [-0.05, 0) is 36.2 Å². The molecule has 0 fully saturated rings. The molecular weight excluding hydrogens is 350 g/mol. The molecule has 0 bridgehead atoms. The summed E-state index contributed by atoms with van der Waals surface area (Å²) in [6.45, 7) is 2.31. The fraction of sp³-hybridized carbons (Fsp3) is 0.125. The molecule has 0 spiro atoms. The van der Waals surface area contributed by atoms with E-state index >= 15 is 0 Å². The highest BCUT2D eigenvalue weighted by Gasteiger charge is 2.21. The molecule has 1 aromatic heterocycles. The zero-order chi connectivity index (χ0) is 19.3. The molecule has 0 aliphatic carbocycles. The Morgan fingerprint density at radius 3 is 2.46 bits per heavy atom. The second kappa shape index (κ2) is 8.01. The highest BCUT2D eigenvalue weighted by Crippen LogP contribution is 2.28. The van der Waals surface area contributed by atoms with Crippen LogP contribution in [0.2, 0.25) is 0 Å². The standard InChI is InChI=1S/C24H21NO3/c1-2-17-10-6-8-14-21(17)25-24(26)23-20(16-27-18-11-4-3-5-12-18)19-13-7-9-15-22(19)28-23/h3-15H,2,16H2,1H3,(H,25,26). The second-order valence-corrected chi connectivity index (χ2v) is 6.47. The number of hydrogen-bond acceptors (Lipinski definition) is 3. The molecule has 0 saturated carbocycles. The highest BCUT2D eigenvalue weighted by atomic mass is 16.5. The van der Waals surface area contributed by atoms with Crippen LogP contribution in [-0.2, 0) is 13.0 Å². The molecule has 0 aliphatic rings. The smallest absolute Gasteiger partial charge is 0.291 e. The minimum atomic E-state index is -0.274. The van der Waals surface area contributed by atoms with Gasteiger partial charge < -0.3 is 14.5 Å². The van der Waals surface area contributed by atoms with Crippen molar-refractivity contribution in [2.75, 3.05) is 5.32 Å². The predicted molar refractivity (Wildman–Crippen MR) is 111 cm³/mol. The second-order valence-electron chi connectivity index (χ2n) is 6.47. The third-order valence-corrected chi connectivity index (χ3v) is 4.68. The molecule has 4 aromatic rings. The van der Waals surface area contributed by atoms with Gasteiger partial charge in [0.05, 0.1) is 0 Å². The summed E-state index contributed by atoms with van der Waals surface area (Å²) < 4.78 is 11.8. The van der Waals surface area contributed by atoms with Crippen molar-refractivity contribution in [1.29, 1.82) is 0 Å². The third-order valence-electron chi connectivity index (χ3n) is 4.68. The summed E-state index contributed by atoms with van der Waals surface area (Å²) in [5, 5.41) is 3.87. The van der Waals surface area contributed by atoms with E-state index in [2.05, 4.69) is 12.2 Å². The van der Waals surface area contributed by atoms with E-state index in [4.69, 9.17) is 9.15 Å². The van der Waals surface area contributed by atoms with Crippen molar-refractivity contribution in [3.63, 3.8) is 0 Å². The normalized spacial score (nSPS) is 10.8. The van der Waals surface area contributed by atoms with Crippen LogP contribution in [0, 0.1) is 0 Å². The van der Waals surface area contributed by atoms with Gasteiger partial charge >= 0.3 is 0 Å². The van der Waals surface area contributed by atoms with Crippen molar-refractivity contribution < 1.29 is 13.9 Å². The molecule has 0 radical (unpaired) electrons. The van der Waals surface area contributed by atoms with E-state index in [1.165, 1.54) is 0 Å². The summed E-state index contributed by atoms with van der Waals surface area (Å²) in [5.74, 6) is 0.752. The molecule has 4 heteroatoms. The number of benzene rings is 3. The van der Waals surface area contributed by atoms with Gasteiger partial charge in [-0.25, -0.2) is 0 Å². The number of anilines is 1. The summed E-state index contributed by atoms with van der Waals surface area (Å²) in [7, 11) is 0. The average Bonchev–Trinajstić information content (AvgIpc) is 3.12. The van der Waals surface area contributed by atoms with Crippen molar-refractivity contribution in [3.05, 3.63) is 95.7 Å². The van der Waals surface area contributed by atoms with Crippen molar-refractivity contribution in [3.8, 4) is 5.75 Å². The topological polar surface area (TPSA) is 51.5 Å². The van der Waals surface area contributed by atoms with Gasteiger partial charge in [-0.3, -0.25) is 4.79 Å². The van der Waals surface area contributed by atoms with Crippen molar-refractivity contribution in [2.24, 2.45) is 0 Å². The predicted octanol–water partition coefficient (Wildman–Crippen LogP) is 5.83. The fourth-order valence-corrected chi connectivity index (χ4v) is 3.23. The number of ether oxygens (including phenoxy) is 1. The SMILES string of the molecule is CCc1ccccc1NC(=O)c1oc2ccccc2c1COc1ccccc1. The first-order chi connectivity index (χ1) is 13.8. The van der Waals surface area contributed by atoms with Crippen molar-refractivity contribution in [1.82, 2.24) is 0 Å². The van der Waals surface area contributed by atoms with E-state index < -0.39 is 0 Å². The monoisotopic (exact) mass is 371 g/mol. The third kappa shape index (κ3) is 3.62. The quantitative estimate of drug-likeness (QED) is 0.464. The molecule has 0 unspecified atom stereocenters. The molecule has 0 saturated heterocycles. The van der Waals surface area contributed by atoms with Gasteiger partial charge in [0.1, 0.15) is 17.9 Å². The molecule has 140 valence electrons. The number of carbonyl (C=O) groups excluding carboxylic acids is 1. The van der Waals surface area contributed by atoms with Crippen LogP contribution in [0.4, 0.5) is 5.69 Å². The van der Waals surface area contributed by atoms with Crippen LogP contribution in [0.5, 0.6) is 5.75 Å². The molecule has 0 atom stereocenters. The number of furan rings is 1. The lowest BCUT2D eigenvalue weighted by Crippen LogP contribution is -2.15. The van der Waals surface area contributed by atoms with Crippen molar-refractivity contribution >= 4 is 22.6 Å². The van der Waals surface area contributed by atoms with E-state index in [1.54, 1.807) is 0 Å². The van der Waals surface area contributed by atoms with Gasteiger partial charge in [-0.2, -0.15) is 0 Å². The minimum absolute atomic E-state index is 0.249. The molecule has 1 amide bonds. The number of hydrogen-bond donors (Lipinski definition) is 1. The van der Waals surface area contributed by atoms with E-state index in [9.17, 15) is 4.79 Å². The molecular formula is C24H21NO3. The molecule has 4 rings (SSSR count). The van der Waals surface area contributed by atoms with Crippen molar-refractivity contribution in [2.45, 2.75) is 20.0 Å². The Morgan fingerprint density at radius 2 is 1.64 bits per heavy atom. The zero-order valence-corrected chi connectivity index (χ0v) is 15.6. The van der Waals surface area contributed by atoms with Crippen LogP contribution in [-0.4, -0.2) is 5.91 Å². The van der Waals surface area contributed by atoms with Crippen LogP contribution in [0.25, 0.3) is 11.0 Å².